The Morgan fingerprint density at radius 3 is 2.33 bits per heavy atom. The van der Waals surface area contributed by atoms with Gasteiger partial charge in [-0.1, -0.05) is 80.3 Å². The number of allylic oxidation sites excluding steroid dienone is 5. The molecule has 0 aliphatic rings. The molecule has 1 aromatic carbocycles. The Morgan fingerprint density at radius 1 is 1.12 bits per heavy atom. The maximum atomic E-state index is 11.5. The predicted octanol–water partition coefficient (Wildman–Crippen LogP) is 5.49. The van der Waals surface area contributed by atoms with Crippen LogP contribution in [0.5, 0.6) is 0 Å². The fourth-order valence-corrected chi connectivity index (χ4v) is 4.18. The van der Waals surface area contributed by atoms with Gasteiger partial charge in [0.2, 0.25) is 0 Å². The van der Waals surface area contributed by atoms with Crippen LogP contribution in [0.25, 0.3) is 0 Å². The van der Waals surface area contributed by atoms with Crippen molar-refractivity contribution in [3.8, 4) is 0 Å². The molecule has 0 heterocycles. The third kappa shape index (κ3) is 7.60. The number of hydrogen-bond acceptors (Lipinski definition) is 2. The number of esters is 1. The highest BCUT2D eigenvalue weighted by Crippen LogP contribution is 2.21. The van der Waals surface area contributed by atoms with Gasteiger partial charge in [0.15, 0.2) is 0 Å². The van der Waals surface area contributed by atoms with E-state index in [4.69, 9.17) is 4.74 Å². The van der Waals surface area contributed by atoms with Crippen molar-refractivity contribution in [2.75, 3.05) is 6.61 Å². The first-order valence-corrected chi connectivity index (χ1v) is 12.2. The molecule has 0 aliphatic heterocycles. The predicted molar refractivity (Wildman–Crippen MR) is 106 cm³/mol. The van der Waals surface area contributed by atoms with Gasteiger partial charge < -0.3 is 4.74 Å². The Hall–Kier alpha value is -1.87. The zero-order valence-electron chi connectivity index (χ0n) is 15.6. The van der Waals surface area contributed by atoms with Gasteiger partial charge in [0.05, 0.1) is 14.7 Å². The van der Waals surface area contributed by atoms with E-state index in [1.165, 1.54) is 22.4 Å². The summed E-state index contributed by atoms with van der Waals surface area (Å²) in [5.41, 5.74) is 2.50. The molecule has 0 saturated carbocycles. The average molecular weight is 343 g/mol. The first-order chi connectivity index (χ1) is 11.4. The first-order valence-electron chi connectivity index (χ1n) is 8.65. The van der Waals surface area contributed by atoms with Gasteiger partial charge in [-0.3, -0.25) is 0 Å². The standard InChI is InChI=1S/C21H30O2Si/c1-6-20(24(3,4)5)17-19(14-11-15-21(22)23-7-2)16-18-12-9-8-10-13-18/h8-15,17H,6-7,16H2,1-5H3/b15-11+,19-14-,20-17+. The third-order valence-corrected chi connectivity index (χ3v) is 6.21. The van der Waals surface area contributed by atoms with E-state index in [9.17, 15) is 4.79 Å². The SMILES string of the molecule is CCOC(=O)/C=C/C=C(\C=C(/CC)[Si](C)(C)C)Cc1ccccc1. The van der Waals surface area contributed by atoms with Crippen LogP contribution in [0.1, 0.15) is 25.8 Å². The zero-order chi connectivity index (χ0) is 18.0. The molecule has 0 unspecified atom stereocenters. The van der Waals surface area contributed by atoms with Gasteiger partial charge >= 0.3 is 5.97 Å². The van der Waals surface area contributed by atoms with E-state index in [-0.39, 0.29) is 5.97 Å². The van der Waals surface area contributed by atoms with Gasteiger partial charge in [0, 0.05) is 6.08 Å². The molecule has 0 bridgehead atoms. The lowest BCUT2D eigenvalue weighted by Crippen LogP contribution is -2.23. The number of benzene rings is 1. The smallest absolute Gasteiger partial charge is 0.330 e. The summed E-state index contributed by atoms with van der Waals surface area (Å²) in [6, 6.07) is 10.4. The Morgan fingerprint density at radius 2 is 1.79 bits per heavy atom. The molecule has 0 aromatic heterocycles. The van der Waals surface area contributed by atoms with Gasteiger partial charge in [-0.05, 0) is 30.9 Å². The second-order valence-corrected chi connectivity index (χ2v) is 11.9. The lowest BCUT2D eigenvalue weighted by Gasteiger charge is -2.20. The molecule has 0 amide bonds. The molecule has 3 heteroatoms. The molecule has 1 aromatic rings. The minimum Gasteiger partial charge on any atom is -0.463 e. The molecule has 130 valence electrons. The number of ether oxygens (including phenoxy) is 1. The van der Waals surface area contributed by atoms with Crippen molar-refractivity contribution in [2.24, 2.45) is 0 Å². The number of rotatable bonds is 8. The van der Waals surface area contributed by atoms with E-state index >= 15 is 0 Å². The van der Waals surface area contributed by atoms with E-state index in [1.807, 2.05) is 19.1 Å². The van der Waals surface area contributed by atoms with Gasteiger partial charge in [-0.2, -0.15) is 0 Å². The monoisotopic (exact) mass is 342 g/mol. The van der Waals surface area contributed by atoms with E-state index in [1.54, 1.807) is 6.08 Å². The maximum Gasteiger partial charge on any atom is 0.330 e. The Bertz CT molecular complexity index is 604. The fourth-order valence-electron chi connectivity index (χ4n) is 2.50. The van der Waals surface area contributed by atoms with E-state index in [2.05, 4.69) is 56.9 Å². The van der Waals surface area contributed by atoms with Gasteiger partial charge in [-0.15, -0.1) is 0 Å². The van der Waals surface area contributed by atoms with E-state index in [0.717, 1.165) is 12.8 Å². The lowest BCUT2D eigenvalue weighted by atomic mass is 10.0. The number of hydrogen-bond donors (Lipinski definition) is 0. The minimum atomic E-state index is -1.34. The lowest BCUT2D eigenvalue weighted by molar-refractivity contribution is -0.137. The molecule has 0 spiro atoms. The maximum absolute atomic E-state index is 11.5. The average Bonchev–Trinajstić information content (AvgIpc) is 2.52. The summed E-state index contributed by atoms with van der Waals surface area (Å²) >= 11 is 0. The van der Waals surface area contributed by atoms with Crippen molar-refractivity contribution in [3.05, 3.63) is 71.0 Å². The highest BCUT2D eigenvalue weighted by Gasteiger charge is 2.17. The second kappa shape index (κ2) is 10.1. The van der Waals surface area contributed by atoms with Crippen LogP contribution in [0.15, 0.2) is 65.4 Å². The van der Waals surface area contributed by atoms with Crippen molar-refractivity contribution in [3.63, 3.8) is 0 Å². The second-order valence-electron chi connectivity index (χ2n) is 6.79. The largest absolute Gasteiger partial charge is 0.463 e. The summed E-state index contributed by atoms with van der Waals surface area (Å²) in [6.07, 6.45) is 9.58. The topological polar surface area (TPSA) is 26.3 Å². The fraction of sp³-hybridized carbons (Fsp3) is 0.381. The Labute approximate surface area is 147 Å². The molecule has 24 heavy (non-hydrogen) atoms. The van der Waals surface area contributed by atoms with Crippen LogP contribution in [0.4, 0.5) is 0 Å². The normalized spacial score (nSPS) is 13.4. The van der Waals surface area contributed by atoms with Crippen LogP contribution in [0.2, 0.25) is 19.6 Å². The molecule has 0 saturated heterocycles. The van der Waals surface area contributed by atoms with Crippen molar-refractivity contribution in [2.45, 2.75) is 46.3 Å². The quantitative estimate of drug-likeness (QED) is 0.270. The minimum absolute atomic E-state index is 0.294. The van der Waals surface area contributed by atoms with Crippen molar-refractivity contribution in [1.82, 2.24) is 0 Å². The first kappa shape index (κ1) is 20.2. The molecule has 0 N–H and O–H groups in total. The Balaban J connectivity index is 3.07. The Kier molecular flexibility index (Phi) is 8.48. The van der Waals surface area contributed by atoms with Crippen LogP contribution >= 0.6 is 0 Å². The molecule has 0 radical (unpaired) electrons. The molecule has 2 nitrogen and oxygen atoms in total. The summed E-state index contributed by atoms with van der Waals surface area (Å²) in [7, 11) is -1.34. The van der Waals surface area contributed by atoms with Crippen LogP contribution in [0, 0.1) is 0 Å². The molecule has 0 aliphatic carbocycles. The molecule has 1 rings (SSSR count). The van der Waals surface area contributed by atoms with Crippen molar-refractivity contribution >= 4 is 14.0 Å². The van der Waals surface area contributed by atoms with Crippen LogP contribution in [-0.4, -0.2) is 20.7 Å². The van der Waals surface area contributed by atoms with Gasteiger partial charge in [0.1, 0.15) is 0 Å². The van der Waals surface area contributed by atoms with Crippen molar-refractivity contribution in [1.29, 1.82) is 0 Å². The highest BCUT2D eigenvalue weighted by molar-refractivity contribution is 6.83. The summed E-state index contributed by atoms with van der Waals surface area (Å²) in [5, 5.41) is 1.54. The molecule has 0 fully saturated rings. The van der Waals surface area contributed by atoms with E-state index in [0.29, 0.717) is 6.61 Å². The van der Waals surface area contributed by atoms with Crippen LogP contribution in [0.3, 0.4) is 0 Å². The van der Waals surface area contributed by atoms with Gasteiger partial charge in [-0.25, -0.2) is 4.79 Å². The molecule has 0 atom stereocenters. The summed E-state index contributed by atoms with van der Waals surface area (Å²) in [5.74, 6) is -0.294. The van der Waals surface area contributed by atoms with Crippen molar-refractivity contribution < 1.29 is 9.53 Å². The number of carbonyl (C=O) groups excluding carboxylic acids is 1. The van der Waals surface area contributed by atoms with E-state index < -0.39 is 8.07 Å². The van der Waals surface area contributed by atoms with Crippen LogP contribution < -0.4 is 0 Å². The summed E-state index contributed by atoms with van der Waals surface area (Å²) in [6.45, 7) is 11.6. The van der Waals surface area contributed by atoms with Crippen LogP contribution in [-0.2, 0) is 16.0 Å². The highest BCUT2D eigenvalue weighted by atomic mass is 28.3. The number of carbonyl (C=O) groups is 1. The zero-order valence-corrected chi connectivity index (χ0v) is 16.6. The molecular formula is C21H30O2Si. The molecular weight excluding hydrogens is 312 g/mol. The summed E-state index contributed by atoms with van der Waals surface area (Å²) < 4.78 is 4.93. The van der Waals surface area contributed by atoms with Gasteiger partial charge in [0.25, 0.3) is 0 Å². The third-order valence-electron chi connectivity index (χ3n) is 3.78. The summed E-state index contributed by atoms with van der Waals surface area (Å²) in [4.78, 5) is 11.5.